The summed E-state index contributed by atoms with van der Waals surface area (Å²) in [6.45, 7) is 2.90. The molecule has 0 amide bonds. The molecule has 2 atom stereocenters. The second-order valence-electron chi connectivity index (χ2n) is 4.19. The van der Waals surface area contributed by atoms with E-state index in [0.29, 0.717) is 10.3 Å². The van der Waals surface area contributed by atoms with Crippen LogP contribution in [-0.2, 0) is 0 Å². The third-order valence-electron chi connectivity index (χ3n) is 2.94. The van der Waals surface area contributed by atoms with Crippen molar-refractivity contribution in [1.29, 1.82) is 0 Å². The Morgan fingerprint density at radius 2 is 2.33 bits per heavy atom. The van der Waals surface area contributed by atoms with Crippen molar-refractivity contribution in [2.24, 2.45) is 0 Å². The molecule has 18 heavy (non-hydrogen) atoms. The van der Waals surface area contributed by atoms with Gasteiger partial charge >= 0.3 is 0 Å². The van der Waals surface area contributed by atoms with Gasteiger partial charge in [0.2, 0.25) is 0 Å². The van der Waals surface area contributed by atoms with Crippen LogP contribution in [0.3, 0.4) is 0 Å². The van der Waals surface area contributed by atoms with E-state index in [9.17, 15) is 4.39 Å². The summed E-state index contributed by atoms with van der Waals surface area (Å²) in [6.07, 6.45) is 0. The Bertz CT molecular complexity index is 397. The summed E-state index contributed by atoms with van der Waals surface area (Å²) in [5.74, 6) is 3.21. The Morgan fingerprint density at radius 3 is 2.94 bits per heavy atom. The topological polar surface area (TPSA) is 12.0 Å². The van der Waals surface area contributed by atoms with E-state index >= 15 is 0 Å². The lowest BCUT2D eigenvalue weighted by molar-refractivity contribution is 0.511. The number of nitrogens with one attached hydrogen (secondary N) is 1. The molecule has 0 aromatic heterocycles. The molecular weight excluding hydrogens is 289 g/mol. The molecule has 1 N–H and O–H groups in total. The Balaban J connectivity index is 2.22. The van der Waals surface area contributed by atoms with Gasteiger partial charge in [-0.25, -0.2) is 4.39 Å². The molecule has 1 heterocycles. The zero-order valence-electron chi connectivity index (χ0n) is 10.3. The molecule has 1 fully saturated rings. The molecule has 1 aromatic rings. The smallest absolute Gasteiger partial charge is 0.129 e. The second-order valence-corrected chi connectivity index (χ2v) is 7.12. The van der Waals surface area contributed by atoms with E-state index in [1.807, 2.05) is 29.6 Å². The van der Waals surface area contributed by atoms with Gasteiger partial charge in [0, 0.05) is 39.1 Å². The minimum atomic E-state index is -0.204. The van der Waals surface area contributed by atoms with Crippen molar-refractivity contribution >= 4 is 35.1 Å². The van der Waals surface area contributed by atoms with Crippen molar-refractivity contribution in [3.8, 4) is 0 Å². The minimum absolute atomic E-state index is 0.0741. The van der Waals surface area contributed by atoms with Crippen molar-refractivity contribution < 1.29 is 4.39 Å². The quantitative estimate of drug-likeness (QED) is 0.904. The molecule has 0 bridgehead atoms. The fourth-order valence-electron chi connectivity index (χ4n) is 2.11. The van der Waals surface area contributed by atoms with E-state index in [-0.39, 0.29) is 11.9 Å². The number of halogens is 2. The SMILES string of the molecule is CCNC(c1ccc(Cl)cc1F)C1CSCCS1. The molecule has 2 unspecified atom stereocenters. The summed E-state index contributed by atoms with van der Waals surface area (Å²) in [6, 6.07) is 5.06. The molecule has 1 aliphatic rings. The molecule has 5 heteroatoms. The first-order chi connectivity index (χ1) is 8.72. The van der Waals surface area contributed by atoms with Crippen LogP contribution in [0, 0.1) is 5.82 Å². The average Bonchev–Trinajstić information content (AvgIpc) is 2.38. The van der Waals surface area contributed by atoms with Gasteiger partial charge in [-0.1, -0.05) is 24.6 Å². The fraction of sp³-hybridized carbons (Fsp3) is 0.538. The predicted octanol–water partition coefficient (Wildman–Crippen LogP) is 3.98. The number of benzene rings is 1. The zero-order valence-corrected chi connectivity index (χ0v) is 12.7. The van der Waals surface area contributed by atoms with Gasteiger partial charge in [-0.05, 0) is 18.7 Å². The van der Waals surface area contributed by atoms with Crippen molar-refractivity contribution in [1.82, 2.24) is 5.32 Å². The van der Waals surface area contributed by atoms with Crippen LogP contribution in [0.5, 0.6) is 0 Å². The molecule has 1 saturated heterocycles. The van der Waals surface area contributed by atoms with Crippen LogP contribution in [-0.4, -0.2) is 29.1 Å². The summed E-state index contributed by atoms with van der Waals surface area (Å²) in [5.41, 5.74) is 0.737. The highest BCUT2D eigenvalue weighted by atomic mass is 35.5. The van der Waals surface area contributed by atoms with Gasteiger partial charge in [0.1, 0.15) is 5.82 Å². The van der Waals surface area contributed by atoms with Crippen LogP contribution < -0.4 is 5.32 Å². The minimum Gasteiger partial charge on any atom is -0.309 e. The highest BCUT2D eigenvalue weighted by Gasteiger charge is 2.27. The van der Waals surface area contributed by atoms with Gasteiger partial charge in [-0.3, -0.25) is 0 Å². The first-order valence-corrected chi connectivity index (χ1v) is 8.68. The van der Waals surface area contributed by atoms with Gasteiger partial charge in [-0.15, -0.1) is 0 Å². The number of thioether (sulfide) groups is 2. The second kappa shape index (κ2) is 7.04. The molecule has 0 saturated carbocycles. The standard InChI is InChI=1S/C13H17ClFNS2/c1-2-16-13(12-8-17-5-6-18-12)10-4-3-9(14)7-11(10)15/h3-4,7,12-13,16H,2,5-6,8H2,1H3. The van der Waals surface area contributed by atoms with Gasteiger partial charge in [0.25, 0.3) is 0 Å². The van der Waals surface area contributed by atoms with Crippen LogP contribution in [0.15, 0.2) is 18.2 Å². The maximum Gasteiger partial charge on any atom is 0.129 e. The molecule has 100 valence electrons. The number of hydrogen-bond acceptors (Lipinski definition) is 3. The number of hydrogen-bond donors (Lipinski definition) is 1. The highest BCUT2D eigenvalue weighted by molar-refractivity contribution is 8.06. The van der Waals surface area contributed by atoms with Crippen molar-refractivity contribution in [3.05, 3.63) is 34.6 Å². The van der Waals surface area contributed by atoms with Crippen molar-refractivity contribution in [2.45, 2.75) is 18.2 Å². The maximum atomic E-state index is 14.0. The molecule has 1 aromatic carbocycles. The third-order valence-corrected chi connectivity index (χ3v) is 6.03. The van der Waals surface area contributed by atoms with Gasteiger partial charge < -0.3 is 5.32 Å². The third kappa shape index (κ3) is 3.56. The van der Waals surface area contributed by atoms with Crippen molar-refractivity contribution in [2.75, 3.05) is 23.8 Å². The summed E-state index contributed by atoms with van der Waals surface area (Å²) >= 11 is 9.70. The van der Waals surface area contributed by atoms with E-state index in [2.05, 4.69) is 12.2 Å². The van der Waals surface area contributed by atoms with E-state index < -0.39 is 0 Å². The number of rotatable bonds is 4. The van der Waals surface area contributed by atoms with E-state index in [4.69, 9.17) is 11.6 Å². The fourth-order valence-corrected chi connectivity index (χ4v) is 5.13. The van der Waals surface area contributed by atoms with Crippen LogP contribution in [0.2, 0.25) is 5.02 Å². The van der Waals surface area contributed by atoms with Crippen molar-refractivity contribution in [3.63, 3.8) is 0 Å². The lowest BCUT2D eigenvalue weighted by Crippen LogP contribution is -2.34. The molecule has 0 radical (unpaired) electrons. The first kappa shape index (κ1) is 14.5. The molecule has 0 spiro atoms. The first-order valence-electron chi connectivity index (χ1n) is 6.10. The van der Waals surface area contributed by atoms with Crippen LogP contribution in [0.4, 0.5) is 4.39 Å². The maximum absolute atomic E-state index is 14.0. The molecular formula is C13H17ClFNS2. The lowest BCUT2D eigenvalue weighted by Gasteiger charge is -2.30. The van der Waals surface area contributed by atoms with E-state index in [1.54, 1.807) is 6.07 Å². The molecule has 1 aliphatic heterocycles. The molecule has 1 nitrogen and oxygen atoms in total. The average molecular weight is 306 g/mol. The summed E-state index contributed by atoms with van der Waals surface area (Å²) in [5, 5.41) is 4.30. The van der Waals surface area contributed by atoms with Crippen LogP contribution in [0.1, 0.15) is 18.5 Å². The Morgan fingerprint density at radius 1 is 1.50 bits per heavy atom. The van der Waals surface area contributed by atoms with Gasteiger partial charge in [-0.2, -0.15) is 23.5 Å². The van der Waals surface area contributed by atoms with Gasteiger partial charge in [0.15, 0.2) is 0 Å². The normalized spacial score (nSPS) is 21.8. The lowest BCUT2D eigenvalue weighted by atomic mass is 10.0. The Hall–Kier alpha value is 0.1000. The Kier molecular flexibility index (Phi) is 5.67. The van der Waals surface area contributed by atoms with Gasteiger partial charge in [0.05, 0.1) is 0 Å². The Labute approximate surface area is 121 Å². The molecule has 0 aliphatic carbocycles. The summed E-state index contributed by atoms with van der Waals surface area (Å²) in [7, 11) is 0. The zero-order chi connectivity index (χ0) is 13.0. The molecule has 2 rings (SSSR count). The predicted molar refractivity (Wildman–Crippen MR) is 81.4 cm³/mol. The highest BCUT2D eigenvalue weighted by Crippen LogP contribution is 2.35. The van der Waals surface area contributed by atoms with Crippen LogP contribution >= 0.6 is 35.1 Å². The van der Waals surface area contributed by atoms with E-state index in [1.165, 1.54) is 11.8 Å². The summed E-state index contributed by atoms with van der Waals surface area (Å²) in [4.78, 5) is 0. The summed E-state index contributed by atoms with van der Waals surface area (Å²) < 4.78 is 14.0. The largest absolute Gasteiger partial charge is 0.309 e. The van der Waals surface area contributed by atoms with Crippen LogP contribution in [0.25, 0.3) is 0 Å². The monoisotopic (exact) mass is 305 g/mol. The van der Waals surface area contributed by atoms with E-state index in [0.717, 1.165) is 23.6 Å².